The lowest BCUT2D eigenvalue weighted by atomic mass is 9.71. The van der Waals surface area contributed by atoms with Gasteiger partial charge < -0.3 is 15.2 Å². The van der Waals surface area contributed by atoms with Gasteiger partial charge in [0.1, 0.15) is 11.9 Å². The molecule has 2 atom stereocenters. The summed E-state index contributed by atoms with van der Waals surface area (Å²) in [5.74, 6) is -0.546. The highest BCUT2D eigenvalue weighted by molar-refractivity contribution is 6.04. The number of dihydropyridines is 1. The van der Waals surface area contributed by atoms with Crippen molar-refractivity contribution in [2.75, 3.05) is 0 Å². The molecule has 3 aliphatic rings. The van der Waals surface area contributed by atoms with Crippen LogP contribution in [0.3, 0.4) is 0 Å². The second kappa shape index (κ2) is 9.49. The summed E-state index contributed by atoms with van der Waals surface area (Å²) in [6.07, 6.45) is 6.16. The molecule has 0 radical (unpaired) electrons. The average molecular weight is 458 g/mol. The maximum absolute atomic E-state index is 13.6. The van der Waals surface area contributed by atoms with Crippen LogP contribution in [-0.2, 0) is 14.3 Å². The van der Waals surface area contributed by atoms with E-state index < -0.39 is 5.92 Å². The standard InChI is InChI=1S/C29H31NO4/c1-18-26(29(33)34-23-10-6-3-7-11-23)27(20-12-14-22(31)15-13-20)28-24(30-18)16-21(17-25(28)32)19-8-4-2-5-9-19/h2,4-5,8-9,12-15,21,23,27,30-31H,3,6-7,10-11,16-17H2,1H3/t21-,27-/m0/s1. The van der Waals surface area contributed by atoms with Crippen LogP contribution in [0.5, 0.6) is 5.75 Å². The van der Waals surface area contributed by atoms with Crippen molar-refractivity contribution in [3.63, 3.8) is 0 Å². The van der Waals surface area contributed by atoms with Gasteiger partial charge in [0.25, 0.3) is 0 Å². The van der Waals surface area contributed by atoms with E-state index in [0.717, 1.165) is 48.2 Å². The Morgan fingerprint density at radius 1 is 0.941 bits per heavy atom. The molecule has 0 unspecified atom stereocenters. The molecule has 2 aromatic rings. The molecular formula is C29H31NO4. The molecule has 5 heteroatoms. The lowest BCUT2D eigenvalue weighted by Gasteiger charge is -2.37. The molecule has 2 aliphatic carbocycles. The molecule has 2 aromatic carbocycles. The number of carbonyl (C=O) groups excluding carboxylic acids is 2. The van der Waals surface area contributed by atoms with Crippen molar-refractivity contribution in [3.05, 3.63) is 88.3 Å². The van der Waals surface area contributed by atoms with Crippen molar-refractivity contribution in [2.24, 2.45) is 0 Å². The van der Waals surface area contributed by atoms with E-state index in [4.69, 9.17) is 4.74 Å². The zero-order valence-electron chi connectivity index (χ0n) is 19.5. The van der Waals surface area contributed by atoms with Crippen LogP contribution in [0.2, 0.25) is 0 Å². The second-order valence-electron chi connectivity index (χ2n) is 9.68. The molecule has 5 rings (SSSR count). The van der Waals surface area contributed by atoms with E-state index >= 15 is 0 Å². The Bertz CT molecular complexity index is 1140. The molecule has 0 amide bonds. The summed E-state index contributed by atoms with van der Waals surface area (Å²) in [7, 11) is 0. The number of hydrogen-bond donors (Lipinski definition) is 2. The number of phenols is 1. The summed E-state index contributed by atoms with van der Waals surface area (Å²) >= 11 is 0. The number of ketones is 1. The van der Waals surface area contributed by atoms with Gasteiger partial charge in [-0.3, -0.25) is 4.79 Å². The molecular weight excluding hydrogens is 426 g/mol. The molecule has 2 N–H and O–H groups in total. The third kappa shape index (κ3) is 4.39. The maximum atomic E-state index is 13.6. The van der Waals surface area contributed by atoms with E-state index in [-0.39, 0.29) is 29.5 Å². The van der Waals surface area contributed by atoms with Crippen LogP contribution >= 0.6 is 0 Å². The van der Waals surface area contributed by atoms with E-state index in [9.17, 15) is 14.7 Å². The number of ether oxygens (including phenoxy) is 1. The molecule has 176 valence electrons. The first kappa shape index (κ1) is 22.5. The summed E-state index contributed by atoms with van der Waals surface area (Å²) in [5, 5.41) is 13.3. The summed E-state index contributed by atoms with van der Waals surface area (Å²) in [5.41, 5.74) is 4.73. The lowest BCUT2D eigenvalue weighted by molar-refractivity contribution is -0.146. The van der Waals surface area contributed by atoms with Gasteiger partial charge in [-0.05, 0) is 68.2 Å². The Labute approximate surface area is 200 Å². The van der Waals surface area contributed by atoms with Gasteiger partial charge in [-0.25, -0.2) is 4.79 Å². The molecule has 0 spiro atoms. The fourth-order valence-corrected chi connectivity index (χ4v) is 5.67. The summed E-state index contributed by atoms with van der Waals surface area (Å²) in [6, 6.07) is 16.9. The first-order valence-corrected chi connectivity index (χ1v) is 12.3. The minimum absolute atomic E-state index is 0.0520. The number of carbonyl (C=O) groups is 2. The summed E-state index contributed by atoms with van der Waals surface area (Å²) < 4.78 is 5.96. The van der Waals surface area contributed by atoms with Crippen LogP contribution in [0.25, 0.3) is 0 Å². The zero-order valence-corrected chi connectivity index (χ0v) is 19.5. The number of nitrogens with one attached hydrogen (secondary N) is 1. The number of rotatable bonds is 4. The van der Waals surface area contributed by atoms with Crippen LogP contribution in [0, 0.1) is 0 Å². The van der Waals surface area contributed by atoms with Gasteiger partial charge in [-0.2, -0.15) is 0 Å². The highest BCUT2D eigenvalue weighted by Crippen LogP contribution is 2.46. The van der Waals surface area contributed by atoms with Gasteiger partial charge in [0, 0.05) is 29.3 Å². The first-order chi connectivity index (χ1) is 16.5. The van der Waals surface area contributed by atoms with Gasteiger partial charge in [-0.1, -0.05) is 48.9 Å². The normalized spacial score (nSPS) is 23.4. The number of phenolic OH excluding ortho intramolecular Hbond substituents is 1. The largest absolute Gasteiger partial charge is 0.508 e. The topological polar surface area (TPSA) is 75.6 Å². The minimum Gasteiger partial charge on any atom is -0.508 e. The number of Topliss-reactive ketones (excluding diaryl/α,β-unsaturated/α-hetero) is 1. The molecule has 1 fully saturated rings. The Hall–Kier alpha value is -3.34. The fourth-order valence-electron chi connectivity index (χ4n) is 5.67. The van der Waals surface area contributed by atoms with Gasteiger partial charge in [-0.15, -0.1) is 0 Å². The molecule has 1 heterocycles. The highest BCUT2D eigenvalue weighted by Gasteiger charge is 2.41. The summed E-state index contributed by atoms with van der Waals surface area (Å²) in [4.78, 5) is 27.1. The Balaban J connectivity index is 1.52. The molecule has 1 aliphatic heterocycles. The predicted octanol–water partition coefficient (Wildman–Crippen LogP) is 5.63. The maximum Gasteiger partial charge on any atom is 0.337 e. The van der Waals surface area contributed by atoms with Crippen molar-refractivity contribution in [2.45, 2.75) is 69.8 Å². The lowest BCUT2D eigenvalue weighted by Crippen LogP contribution is -2.37. The molecule has 1 saturated carbocycles. The third-order valence-corrected chi connectivity index (χ3v) is 7.37. The van der Waals surface area contributed by atoms with Crippen molar-refractivity contribution in [1.29, 1.82) is 0 Å². The van der Waals surface area contributed by atoms with E-state index in [1.54, 1.807) is 24.3 Å². The molecule has 0 aromatic heterocycles. The van der Waals surface area contributed by atoms with Crippen molar-refractivity contribution in [3.8, 4) is 5.75 Å². The molecule has 5 nitrogen and oxygen atoms in total. The number of aromatic hydroxyl groups is 1. The summed E-state index contributed by atoms with van der Waals surface area (Å²) in [6.45, 7) is 1.89. The van der Waals surface area contributed by atoms with E-state index in [1.165, 1.54) is 6.42 Å². The Morgan fingerprint density at radius 2 is 1.65 bits per heavy atom. The molecule has 0 bridgehead atoms. The van der Waals surface area contributed by atoms with Crippen LogP contribution in [0.15, 0.2) is 77.1 Å². The van der Waals surface area contributed by atoms with Gasteiger partial charge in [0.2, 0.25) is 0 Å². The Kier molecular flexibility index (Phi) is 6.27. The van der Waals surface area contributed by atoms with Crippen LogP contribution in [0.4, 0.5) is 0 Å². The van der Waals surface area contributed by atoms with Crippen molar-refractivity contribution in [1.82, 2.24) is 5.32 Å². The van der Waals surface area contributed by atoms with Crippen molar-refractivity contribution < 1.29 is 19.4 Å². The highest BCUT2D eigenvalue weighted by atomic mass is 16.5. The number of hydrogen-bond acceptors (Lipinski definition) is 5. The molecule has 0 saturated heterocycles. The van der Waals surface area contributed by atoms with Crippen LogP contribution < -0.4 is 5.32 Å². The monoisotopic (exact) mass is 457 g/mol. The van der Waals surface area contributed by atoms with E-state index in [0.29, 0.717) is 24.0 Å². The van der Waals surface area contributed by atoms with Crippen LogP contribution in [-0.4, -0.2) is 23.0 Å². The Morgan fingerprint density at radius 3 is 2.35 bits per heavy atom. The first-order valence-electron chi connectivity index (χ1n) is 12.3. The number of benzene rings is 2. The van der Waals surface area contributed by atoms with Crippen molar-refractivity contribution >= 4 is 11.8 Å². The van der Waals surface area contributed by atoms with Gasteiger partial charge in [0.05, 0.1) is 5.57 Å². The number of esters is 1. The van der Waals surface area contributed by atoms with Crippen LogP contribution in [0.1, 0.15) is 74.8 Å². The van der Waals surface area contributed by atoms with E-state index in [2.05, 4.69) is 17.4 Å². The molecule has 34 heavy (non-hydrogen) atoms. The number of allylic oxidation sites excluding steroid dienone is 3. The minimum atomic E-state index is -0.503. The fraction of sp³-hybridized carbons (Fsp3) is 0.379. The smallest absolute Gasteiger partial charge is 0.337 e. The SMILES string of the molecule is CC1=C(C(=O)OC2CCCCC2)[C@H](c2ccc(O)cc2)C2=C(C[C@H](c3ccccc3)CC2=O)N1. The van der Waals surface area contributed by atoms with Gasteiger partial charge in [0.15, 0.2) is 5.78 Å². The average Bonchev–Trinajstić information content (AvgIpc) is 2.84. The second-order valence-corrected chi connectivity index (χ2v) is 9.68. The quantitative estimate of drug-likeness (QED) is 0.582. The van der Waals surface area contributed by atoms with Gasteiger partial charge >= 0.3 is 5.97 Å². The third-order valence-electron chi connectivity index (χ3n) is 7.37. The zero-order chi connectivity index (χ0) is 23.7. The predicted molar refractivity (Wildman–Crippen MR) is 130 cm³/mol. The van der Waals surface area contributed by atoms with E-state index in [1.807, 2.05) is 25.1 Å².